The van der Waals surface area contributed by atoms with E-state index in [-0.39, 0.29) is 17.4 Å². The first-order chi connectivity index (χ1) is 11.1. The Morgan fingerprint density at radius 2 is 1.96 bits per heavy atom. The summed E-state index contributed by atoms with van der Waals surface area (Å²) in [5.41, 5.74) is 4.40. The average Bonchev–Trinajstić information content (AvgIpc) is 2.55. The van der Waals surface area contributed by atoms with Gasteiger partial charge in [-0.15, -0.1) is 0 Å². The standard InChI is InChI=1S/C18H16N2O3/c1-12-14(10-13-6-2-5-9-17(13)23-12)11-19-20-18(22)15-7-3-4-8-16(15)21/h2-12,21H,1H3,(H,20,22)/b19-11+. The highest BCUT2D eigenvalue weighted by Gasteiger charge is 2.17. The van der Waals surface area contributed by atoms with Gasteiger partial charge in [-0.3, -0.25) is 4.79 Å². The van der Waals surface area contributed by atoms with Crippen LogP contribution in [0.2, 0.25) is 0 Å². The molecule has 0 fully saturated rings. The summed E-state index contributed by atoms with van der Waals surface area (Å²) in [5, 5.41) is 13.6. The van der Waals surface area contributed by atoms with Crippen LogP contribution in [0.3, 0.4) is 0 Å². The number of benzene rings is 2. The van der Waals surface area contributed by atoms with Crippen molar-refractivity contribution < 1.29 is 14.6 Å². The number of hydrogen-bond donors (Lipinski definition) is 2. The van der Waals surface area contributed by atoms with Crippen LogP contribution in [0.4, 0.5) is 0 Å². The smallest absolute Gasteiger partial charge is 0.275 e. The van der Waals surface area contributed by atoms with Crippen molar-refractivity contribution in [2.24, 2.45) is 5.10 Å². The molecule has 3 rings (SSSR count). The van der Waals surface area contributed by atoms with Crippen LogP contribution >= 0.6 is 0 Å². The monoisotopic (exact) mass is 308 g/mol. The molecule has 0 radical (unpaired) electrons. The molecule has 0 bridgehead atoms. The molecule has 1 amide bonds. The van der Waals surface area contributed by atoms with Crippen molar-refractivity contribution in [1.82, 2.24) is 5.43 Å². The van der Waals surface area contributed by atoms with Crippen molar-refractivity contribution in [3.8, 4) is 11.5 Å². The zero-order valence-corrected chi connectivity index (χ0v) is 12.6. The van der Waals surface area contributed by atoms with Crippen LogP contribution in [0.25, 0.3) is 6.08 Å². The first-order valence-corrected chi connectivity index (χ1v) is 7.24. The lowest BCUT2D eigenvalue weighted by Gasteiger charge is -2.22. The van der Waals surface area contributed by atoms with E-state index in [9.17, 15) is 9.90 Å². The van der Waals surface area contributed by atoms with Gasteiger partial charge in [-0.1, -0.05) is 30.3 Å². The van der Waals surface area contributed by atoms with Crippen molar-refractivity contribution in [2.45, 2.75) is 13.0 Å². The molecule has 5 heteroatoms. The van der Waals surface area contributed by atoms with Gasteiger partial charge in [0, 0.05) is 11.1 Å². The molecule has 1 aliphatic heterocycles. The Labute approximate surface area is 133 Å². The third kappa shape index (κ3) is 3.23. The number of amides is 1. The first-order valence-electron chi connectivity index (χ1n) is 7.24. The van der Waals surface area contributed by atoms with Crippen LogP contribution in [-0.4, -0.2) is 23.3 Å². The molecule has 5 nitrogen and oxygen atoms in total. The number of hydrogen-bond acceptors (Lipinski definition) is 4. The lowest BCUT2D eigenvalue weighted by Crippen LogP contribution is -2.22. The zero-order valence-electron chi connectivity index (χ0n) is 12.6. The number of aromatic hydroxyl groups is 1. The Hall–Kier alpha value is -3.08. The molecule has 23 heavy (non-hydrogen) atoms. The molecule has 0 saturated carbocycles. The van der Waals surface area contributed by atoms with Crippen LogP contribution in [0.15, 0.2) is 59.2 Å². The molecule has 2 N–H and O–H groups in total. The Bertz CT molecular complexity index is 796. The minimum absolute atomic E-state index is 0.0808. The van der Waals surface area contributed by atoms with Gasteiger partial charge in [0.15, 0.2) is 0 Å². The number of nitrogens with one attached hydrogen (secondary N) is 1. The fourth-order valence-electron chi connectivity index (χ4n) is 2.30. The van der Waals surface area contributed by atoms with Crippen molar-refractivity contribution in [3.05, 3.63) is 65.2 Å². The summed E-state index contributed by atoms with van der Waals surface area (Å²) in [6, 6.07) is 14.0. The number of rotatable bonds is 3. The summed E-state index contributed by atoms with van der Waals surface area (Å²) in [6.07, 6.45) is 3.37. The average molecular weight is 308 g/mol. The topological polar surface area (TPSA) is 70.9 Å². The predicted molar refractivity (Wildman–Crippen MR) is 88.6 cm³/mol. The van der Waals surface area contributed by atoms with Crippen molar-refractivity contribution in [3.63, 3.8) is 0 Å². The molecule has 1 atom stereocenters. The highest BCUT2D eigenvalue weighted by atomic mass is 16.5. The van der Waals surface area contributed by atoms with E-state index in [1.807, 2.05) is 37.3 Å². The maximum atomic E-state index is 12.0. The van der Waals surface area contributed by atoms with Crippen LogP contribution in [0.5, 0.6) is 11.5 Å². The van der Waals surface area contributed by atoms with E-state index < -0.39 is 5.91 Å². The molecule has 1 heterocycles. The quantitative estimate of drug-likeness (QED) is 0.676. The van der Waals surface area contributed by atoms with Crippen LogP contribution in [-0.2, 0) is 0 Å². The van der Waals surface area contributed by atoms with Gasteiger partial charge < -0.3 is 9.84 Å². The normalized spacial score (nSPS) is 16.4. The fraction of sp³-hybridized carbons (Fsp3) is 0.111. The molecule has 116 valence electrons. The van der Waals surface area contributed by atoms with Crippen LogP contribution < -0.4 is 10.2 Å². The van der Waals surface area contributed by atoms with E-state index in [4.69, 9.17) is 4.74 Å². The minimum atomic E-state index is -0.468. The molecule has 2 aromatic carbocycles. The van der Waals surface area contributed by atoms with E-state index in [0.717, 1.165) is 16.9 Å². The number of carbonyl (C=O) groups is 1. The van der Waals surface area contributed by atoms with E-state index in [0.29, 0.717) is 0 Å². The Balaban J connectivity index is 1.72. The SMILES string of the molecule is CC1Oc2ccccc2C=C1/C=N/NC(=O)c1ccccc1O. The summed E-state index contributed by atoms with van der Waals surface area (Å²) >= 11 is 0. The zero-order chi connectivity index (χ0) is 16.2. The molecule has 0 saturated heterocycles. The highest BCUT2D eigenvalue weighted by Crippen LogP contribution is 2.28. The van der Waals surface area contributed by atoms with Crippen molar-refractivity contribution >= 4 is 18.2 Å². The Kier molecular flexibility index (Phi) is 4.10. The highest BCUT2D eigenvalue weighted by molar-refractivity contribution is 5.97. The van der Waals surface area contributed by atoms with E-state index >= 15 is 0 Å². The largest absolute Gasteiger partial charge is 0.507 e. The number of hydrazone groups is 1. The molecule has 0 aliphatic carbocycles. The maximum Gasteiger partial charge on any atom is 0.275 e. The summed E-state index contributed by atoms with van der Waals surface area (Å²) < 4.78 is 5.79. The third-order valence-electron chi connectivity index (χ3n) is 3.54. The van der Waals surface area contributed by atoms with E-state index in [1.54, 1.807) is 18.3 Å². The molecule has 2 aromatic rings. The number of phenols is 1. The van der Waals surface area contributed by atoms with Gasteiger partial charge in [-0.2, -0.15) is 5.10 Å². The van der Waals surface area contributed by atoms with Gasteiger partial charge in [0.25, 0.3) is 5.91 Å². The number of nitrogens with zero attached hydrogens (tertiary/aromatic N) is 1. The van der Waals surface area contributed by atoms with Crippen molar-refractivity contribution in [2.75, 3.05) is 0 Å². The van der Waals surface area contributed by atoms with E-state index in [2.05, 4.69) is 10.5 Å². The third-order valence-corrected chi connectivity index (χ3v) is 3.54. The van der Waals surface area contributed by atoms with Gasteiger partial charge in [-0.05, 0) is 31.2 Å². The molecule has 1 unspecified atom stereocenters. The summed E-state index contributed by atoms with van der Waals surface area (Å²) in [7, 11) is 0. The molecular weight excluding hydrogens is 292 g/mol. The van der Waals surface area contributed by atoms with Gasteiger partial charge in [0.05, 0.1) is 11.8 Å². The van der Waals surface area contributed by atoms with Gasteiger partial charge in [0.1, 0.15) is 17.6 Å². The second kappa shape index (κ2) is 6.36. The Morgan fingerprint density at radius 3 is 2.78 bits per heavy atom. The van der Waals surface area contributed by atoms with Gasteiger partial charge in [-0.25, -0.2) is 5.43 Å². The molecule has 0 spiro atoms. The molecule has 0 aromatic heterocycles. The first kappa shape index (κ1) is 14.8. The fourth-order valence-corrected chi connectivity index (χ4v) is 2.30. The lowest BCUT2D eigenvalue weighted by atomic mass is 10.0. The predicted octanol–water partition coefficient (Wildman–Crippen LogP) is 2.97. The lowest BCUT2D eigenvalue weighted by molar-refractivity contribution is 0.0952. The molecular formula is C18H16N2O3. The van der Waals surface area contributed by atoms with E-state index in [1.165, 1.54) is 12.1 Å². The second-order valence-corrected chi connectivity index (χ2v) is 5.16. The second-order valence-electron chi connectivity index (χ2n) is 5.16. The number of carbonyl (C=O) groups excluding carboxylic acids is 1. The summed E-state index contributed by atoms with van der Waals surface area (Å²) in [4.78, 5) is 12.0. The minimum Gasteiger partial charge on any atom is -0.507 e. The molecule has 1 aliphatic rings. The summed E-state index contributed by atoms with van der Waals surface area (Å²) in [5.74, 6) is 0.280. The number of para-hydroxylation sites is 2. The Morgan fingerprint density at radius 1 is 1.22 bits per heavy atom. The van der Waals surface area contributed by atoms with Crippen LogP contribution in [0.1, 0.15) is 22.8 Å². The number of ether oxygens (including phenoxy) is 1. The summed E-state index contributed by atoms with van der Waals surface area (Å²) in [6.45, 7) is 1.92. The number of phenolic OH excluding ortho intramolecular Hbond substituents is 1. The van der Waals surface area contributed by atoms with Crippen molar-refractivity contribution in [1.29, 1.82) is 0 Å². The number of fused-ring (bicyclic) bond motifs is 1. The van der Waals surface area contributed by atoms with Gasteiger partial charge >= 0.3 is 0 Å². The van der Waals surface area contributed by atoms with Gasteiger partial charge in [0.2, 0.25) is 0 Å². The van der Waals surface area contributed by atoms with Crippen LogP contribution in [0, 0.1) is 0 Å². The maximum absolute atomic E-state index is 12.0.